The molecular formula is C35H53NO3. The van der Waals surface area contributed by atoms with Gasteiger partial charge in [-0.3, -0.25) is 4.79 Å². The first-order valence-corrected chi connectivity index (χ1v) is 16.2. The van der Waals surface area contributed by atoms with Crippen molar-refractivity contribution in [3.8, 4) is 0 Å². The molecule has 5 rings (SSSR count). The van der Waals surface area contributed by atoms with Crippen LogP contribution in [0, 0.1) is 29.1 Å². The molecule has 0 spiro atoms. The number of nitrogens with one attached hydrogen (secondary N) is 1. The molecule has 4 heteroatoms. The van der Waals surface area contributed by atoms with E-state index in [1.54, 1.807) is 0 Å². The van der Waals surface area contributed by atoms with Gasteiger partial charge < -0.3 is 15.2 Å². The Kier molecular flexibility index (Phi) is 8.93. The minimum absolute atomic E-state index is 0.0737. The monoisotopic (exact) mass is 535 g/mol. The molecule has 0 radical (unpaired) electrons. The second kappa shape index (κ2) is 12.1. The fraction of sp³-hybridized carbons (Fsp3) is 0.743. The number of hydrogen-bond donors (Lipinski definition) is 2. The molecule has 6 unspecified atom stereocenters. The van der Waals surface area contributed by atoms with Gasteiger partial charge in [0.1, 0.15) is 5.76 Å². The number of ketones is 1. The maximum atomic E-state index is 12.1. The molecule has 0 heterocycles. The normalized spacial score (nSPS) is 37.1. The van der Waals surface area contributed by atoms with Gasteiger partial charge in [0, 0.05) is 23.9 Å². The molecule has 0 bridgehead atoms. The van der Waals surface area contributed by atoms with Gasteiger partial charge in [-0.05, 0) is 119 Å². The van der Waals surface area contributed by atoms with Crippen LogP contribution in [-0.4, -0.2) is 35.2 Å². The Bertz CT molecular complexity index is 1020. The van der Waals surface area contributed by atoms with Crippen LogP contribution in [0.4, 0.5) is 0 Å². The van der Waals surface area contributed by atoms with Gasteiger partial charge >= 0.3 is 0 Å². The molecule has 5 aliphatic rings. The number of fused-ring (bicyclic) bond motifs is 5. The molecule has 0 aliphatic heterocycles. The molecule has 0 saturated heterocycles. The molecule has 5 aliphatic carbocycles. The number of allylic oxidation sites excluding steroid dienone is 6. The number of ether oxygens (including phenoxy) is 1. The first kappa shape index (κ1) is 28.9. The highest BCUT2D eigenvalue weighted by atomic mass is 16.5. The standard InChI is InChI=1S/C35H53NO3/c1-5-9-33(36-24(2)3)26-10-6-7-11-28(23-26)39-21-20-35-18-8-12-30-29-16-14-27(37)22-25(29)13-15-31(30)32(35)17-19-34(35,4)38/h6-7,11,22-24,29-33,36,38H,5,8-10,12-21H2,1-4H3/t29?,30?,31?,32?,33?,34-,35?/m0/s1. The third kappa shape index (κ3) is 5.89. The van der Waals surface area contributed by atoms with Crippen molar-refractivity contribution >= 4 is 5.78 Å². The highest BCUT2D eigenvalue weighted by molar-refractivity contribution is 5.91. The highest BCUT2D eigenvalue weighted by Crippen LogP contribution is 2.64. The molecule has 216 valence electrons. The zero-order valence-electron chi connectivity index (χ0n) is 25.0. The van der Waals surface area contributed by atoms with Crippen LogP contribution in [0.5, 0.6) is 0 Å². The second-order valence-electron chi connectivity index (χ2n) is 13.8. The van der Waals surface area contributed by atoms with E-state index in [0.717, 1.165) is 70.0 Å². The maximum absolute atomic E-state index is 12.1. The Balaban J connectivity index is 1.31. The van der Waals surface area contributed by atoms with E-state index in [4.69, 9.17) is 4.74 Å². The molecule has 0 aromatic carbocycles. The van der Waals surface area contributed by atoms with Gasteiger partial charge in [-0.2, -0.15) is 0 Å². The fourth-order valence-corrected chi connectivity index (χ4v) is 9.46. The molecule has 3 saturated carbocycles. The second-order valence-corrected chi connectivity index (χ2v) is 13.8. The van der Waals surface area contributed by atoms with Gasteiger partial charge in [0.2, 0.25) is 0 Å². The maximum Gasteiger partial charge on any atom is 0.155 e. The molecule has 39 heavy (non-hydrogen) atoms. The van der Waals surface area contributed by atoms with E-state index in [0.29, 0.717) is 48.1 Å². The van der Waals surface area contributed by atoms with Crippen LogP contribution >= 0.6 is 0 Å². The van der Waals surface area contributed by atoms with Crippen molar-refractivity contribution in [3.63, 3.8) is 0 Å². The van der Waals surface area contributed by atoms with Crippen LogP contribution in [0.1, 0.15) is 111 Å². The summed E-state index contributed by atoms with van der Waals surface area (Å²) in [5.41, 5.74) is 2.14. The minimum atomic E-state index is -0.638. The Morgan fingerprint density at radius 1 is 1.10 bits per heavy atom. The predicted molar refractivity (Wildman–Crippen MR) is 159 cm³/mol. The van der Waals surface area contributed by atoms with Gasteiger partial charge in [-0.15, -0.1) is 0 Å². The molecule has 0 amide bonds. The van der Waals surface area contributed by atoms with Crippen LogP contribution in [0.2, 0.25) is 0 Å². The van der Waals surface area contributed by atoms with E-state index >= 15 is 0 Å². The van der Waals surface area contributed by atoms with Crippen LogP contribution < -0.4 is 5.32 Å². The third-order valence-corrected chi connectivity index (χ3v) is 11.2. The summed E-state index contributed by atoms with van der Waals surface area (Å²) in [4.78, 5) is 12.1. The summed E-state index contributed by atoms with van der Waals surface area (Å²) in [6, 6.07) is 0.825. The van der Waals surface area contributed by atoms with Crippen molar-refractivity contribution in [2.24, 2.45) is 29.1 Å². The van der Waals surface area contributed by atoms with Crippen molar-refractivity contribution in [2.45, 2.75) is 129 Å². The van der Waals surface area contributed by atoms with Crippen molar-refractivity contribution in [2.75, 3.05) is 6.61 Å². The van der Waals surface area contributed by atoms with Crippen LogP contribution in [-0.2, 0) is 9.53 Å². The topological polar surface area (TPSA) is 58.6 Å². The first-order chi connectivity index (χ1) is 18.7. The average molecular weight is 536 g/mol. The summed E-state index contributed by atoms with van der Waals surface area (Å²) in [6.07, 6.45) is 24.6. The first-order valence-electron chi connectivity index (χ1n) is 16.2. The number of aliphatic hydroxyl groups is 1. The van der Waals surface area contributed by atoms with E-state index in [1.165, 1.54) is 30.4 Å². The van der Waals surface area contributed by atoms with Gasteiger partial charge in [-0.1, -0.05) is 51.3 Å². The molecule has 2 N–H and O–H groups in total. The van der Waals surface area contributed by atoms with E-state index in [2.05, 4.69) is 57.3 Å². The number of carbonyl (C=O) groups excluding carboxylic acids is 1. The summed E-state index contributed by atoms with van der Waals surface area (Å²) in [5.74, 6) is 3.80. The van der Waals surface area contributed by atoms with Crippen LogP contribution in [0.15, 0.2) is 47.3 Å². The lowest BCUT2D eigenvalue weighted by atomic mass is 9.57. The predicted octanol–water partition coefficient (Wildman–Crippen LogP) is 7.59. The smallest absolute Gasteiger partial charge is 0.155 e. The summed E-state index contributed by atoms with van der Waals surface area (Å²) in [5, 5.41) is 15.7. The summed E-state index contributed by atoms with van der Waals surface area (Å²) < 4.78 is 6.55. The van der Waals surface area contributed by atoms with Gasteiger partial charge in [0.25, 0.3) is 0 Å². The lowest BCUT2D eigenvalue weighted by Crippen LogP contribution is -2.48. The zero-order valence-corrected chi connectivity index (χ0v) is 25.0. The van der Waals surface area contributed by atoms with Gasteiger partial charge in [0.05, 0.1) is 12.2 Å². The SMILES string of the molecule is CCCC(NC(C)C)C1=CC(OCCC23CCCC4C5CCC(=O)C=C5CCC4C2CC[C@]3(C)O)=CC=CC1. The van der Waals surface area contributed by atoms with Crippen molar-refractivity contribution in [1.29, 1.82) is 0 Å². The van der Waals surface area contributed by atoms with Gasteiger partial charge in [-0.25, -0.2) is 0 Å². The average Bonchev–Trinajstić information content (AvgIpc) is 3.07. The summed E-state index contributed by atoms with van der Waals surface area (Å²) in [7, 11) is 0. The molecule has 0 aromatic heterocycles. The lowest BCUT2D eigenvalue weighted by Gasteiger charge is -2.49. The number of carbonyl (C=O) groups is 1. The quantitative estimate of drug-likeness (QED) is 0.319. The molecule has 7 atom stereocenters. The Morgan fingerprint density at radius 2 is 1.95 bits per heavy atom. The number of rotatable bonds is 9. The van der Waals surface area contributed by atoms with Crippen LogP contribution in [0.3, 0.4) is 0 Å². The van der Waals surface area contributed by atoms with Crippen LogP contribution in [0.25, 0.3) is 0 Å². The van der Waals surface area contributed by atoms with Gasteiger partial charge in [0.15, 0.2) is 5.78 Å². The summed E-state index contributed by atoms with van der Waals surface area (Å²) in [6.45, 7) is 9.49. The number of hydrogen-bond acceptors (Lipinski definition) is 4. The lowest BCUT2D eigenvalue weighted by molar-refractivity contribution is -0.115. The Hall–Kier alpha value is -1.65. The van der Waals surface area contributed by atoms with Crippen molar-refractivity contribution in [3.05, 3.63) is 47.3 Å². The highest BCUT2D eigenvalue weighted by Gasteiger charge is 2.61. The fourth-order valence-electron chi connectivity index (χ4n) is 9.46. The third-order valence-electron chi connectivity index (χ3n) is 11.2. The van der Waals surface area contributed by atoms with Crippen molar-refractivity contribution < 1.29 is 14.6 Å². The van der Waals surface area contributed by atoms with E-state index in [9.17, 15) is 9.90 Å². The largest absolute Gasteiger partial charge is 0.494 e. The Labute approximate surface area is 237 Å². The summed E-state index contributed by atoms with van der Waals surface area (Å²) >= 11 is 0. The van der Waals surface area contributed by atoms with E-state index < -0.39 is 5.60 Å². The van der Waals surface area contributed by atoms with E-state index in [1.807, 2.05) is 6.08 Å². The Morgan fingerprint density at radius 3 is 2.74 bits per heavy atom. The molecular weight excluding hydrogens is 482 g/mol. The zero-order chi connectivity index (χ0) is 27.6. The molecule has 4 nitrogen and oxygen atoms in total. The molecule has 3 fully saturated rings. The van der Waals surface area contributed by atoms with Crippen molar-refractivity contribution in [1.82, 2.24) is 5.32 Å². The minimum Gasteiger partial charge on any atom is -0.494 e. The van der Waals surface area contributed by atoms with E-state index in [-0.39, 0.29) is 5.41 Å². The molecule has 0 aromatic rings.